The predicted octanol–water partition coefficient (Wildman–Crippen LogP) is 4.19. The number of amides is 1. The Morgan fingerprint density at radius 3 is 2.71 bits per heavy atom. The van der Waals surface area contributed by atoms with Gasteiger partial charge in [-0.1, -0.05) is 11.2 Å². The van der Waals surface area contributed by atoms with Crippen LogP contribution >= 0.6 is 0 Å². The smallest absolute Gasteiger partial charge is 0.251 e. The molecule has 0 aliphatic rings. The third-order valence-corrected chi connectivity index (χ3v) is 5.59. The number of hydrogen-bond donors (Lipinski definition) is 3. The molecular formula is C24H22N6O4. The van der Waals surface area contributed by atoms with Crippen LogP contribution in [-0.4, -0.2) is 47.3 Å². The van der Waals surface area contributed by atoms with Crippen molar-refractivity contribution in [3.05, 3.63) is 53.9 Å². The molecule has 3 N–H and O–H groups in total. The van der Waals surface area contributed by atoms with E-state index in [2.05, 4.69) is 30.7 Å². The highest BCUT2D eigenvalue weighted by atomic mass is 16.5. The number of anilines is 2. The number of carbonyl (C=O) groups excluding carboxylic acids is 1. The molecule has 0 spiro atoms. The summed E-state index contributed by atoms with van der Waals surface area (Å²) in [5.74, 6) is 0.983. The van der Waals surface area contributed by atoms with E-state index >= 15 is 0 Å². The normalized spacial score (nSPS) is 11.1. The Labute approximate surface area is 194 Å². The molecule has 5 aromatic rings. The van der Waals surface area contributed by atoms with Crippen LogP contribution in [0.5, 0.6) is 11.6 Å². The summed E-state index contributed by atoms with van der Waals surface area (Å²) in [6.45, 7) is 1.91. The Bertz CT molecular complexity index is 1540. The molecule has 172 valence electrons. The number of hydrogen-bond acceptors (Lipinski definition) is 8. The first-order valence-corrected chi connectivity index (χ1v) is 10.5. The van der Waals surface area contributed by atoms with E-state index in [0.717, 1.165) is 27.6 Å². The Balaban J connectivity index is 1.54. The zero-order valence-electron chi connectivity index (χ0n) is 19.0. The van der Waals surface area contributed by atoms with Crippen LogP contribution in [0.15, 0.2) is 47.1 Å². The van der Waals surface area contributed by atoms with Crippen LogP contribution in [0.3, 0.4) is 0 Å². The number of methoxy groups -OCH3 is 2. The monoisotopic (exact) mass is 458 g/mol. The molecule has 0 fully saturated rings. The van der Waals surface area contributed by atoms with E-state index in [1.54, 1.807) is 32.4 Å². The van der Waals surface area contributed by atoms with Crippen LogP contribution in [0.2, 0.25) is 0 Å². The molecule has 0 saturated heterocycles. The molecule has 0 aliphatic carbocycles. The van der Waals surface area contributed by atoms with Gasteiger partial charge in [0.1, 0.15) is 11.4 Å². The summed E-state index contributed by atoms with van der Waals surface area (Å²) < 4.78 is 16.5. The Kier molecular flexibility index (Phi) is 5.25. The summed E-state index contributed by atoms with van der Waals surface area (Å²) >= 11 is 0. The number of fused-ring (bicyclic) bond motifs is 2. The van der Waals surface area contributed by atoms with Gasteiger partial charge in [0.15, 0.2) is 5.58 Å². The average molecular weight is 458 g/mol. The maximum Gasteiger partial charge on any atom is 0.251 e. The Hall–Kier alpha value is -4.60. The van der Waals surface area contributed by atoms with Gasteiger partial charge in [-0.3, -0.25) is 4.79 Å². The summed E-state index contributed by atoms with van der Waals surface area (Å²) in [4.78, 5) is 24.3. The van der Waals surface area contributed by atoms with Gasteiger partial charge < -0.3 is 29.6 Å². The minimum atomic E-state index is -0.207. The second-order valence-corrected chi connectivity index (χ2v) is 7.58. The van der Waals surface area contributed by atoms with Crippen LogP contribution < -0.4 is 20.1 Å². The SMILES string of the molecule is CNC(=O)c1ccc(Nc2nc(OC)c3c(-c4ccc5c(C)noc5c4)c[nH]c3n2)c(OC)c1. The fraction of sp³-hybridized carbons (Fsp3) is 0.167. The Morgan fingerprint density at radius 1 is 1.09 bits per heavy atom. The number of H-pyrrole nitrogens is 1. The lowest BCUT2D eigenvalue weighted by atomic mass is 10.0. The molecule has 2 aromatic carbocycles. The summed E-state index contributed by atoms with van der Waals surface area (Å²) in [7, 11) is 4.67. The van der Waals surface area contributed by atoms with E-state index < -0.39 is 0 Å². The quantitative estimate of drug-likeness (QED) is 0.346. The lowest BCUT2D eigenvalue weighted by Gasteiger charge is -2.12. The van der Waals surface area contributed by atoms with Gasteiger partial charge in [0, 0.05) is 29.8 Å². The standard InChI is InChI=1S/C24H22N6O4/c1-12-15-7-5-13(9-18(15)34-30-12)16-11-26-21-20(16)23(33-4)29-24(28-21)27-17-8-6-14(22(31)25-2)10-19(17)32-3/h5-11H,1-4H3,(H,25,31)(H2,26,27,28,29). The third kappa shape index (κ3) is 3.54. The van der Waals surface area contributed by atoms with Gasteiger partial charge in [-0.15, -0.1) is 0 Å². The fourth-order valence-electron chi connectivity index (χ4n) is 3.86. The largest absolute Gasteiger partial charge is 0.495 e. The molecule has 0 bridgehead atoms. The predicted molar refractivity (Wildman–Crippen MR) is 128 cm³/mol. The molecule has 10 heteroatoms. The molecular weight excluding hydrogens is 436 g/mol. The topological polar surface area (TPSA) is 127 Å². The summed E-state index contributed by atoms with van der Waals surface area (Å²) in [5, 5.41) is 11.5. The number of aromatic nitrogens is 4. The van der Waals surface area contributed by atoms with Gasteiger partial charge in [0.2, 0.25) is 11.8 Å². The van der Waals surface area contributed by atoms with Gasteiger partial charge in [-0.05, 0) is 42.8 Å². The lowest BCUT2D eigenvalue weighted by Crippen LogP contribution is -2.17. The van der Waals surface area contributed by atoms with Crippen molar-refractivity contribution in [3.8, 4) is 22.8 Å². The van der Waals surface area contributed by atoms with Gasteiger partial charge in [-0.25, -0.2) is 0 Å². The van der Waals surface area contributed by atoms with E-state index in [1.165, 1.54) is 7.11 Å². The van der Waals surface area contributed by atoms with E-state index in [1.807, 2.05) is 31.3 Å². The second kappa shape index (κ2) is 8.39. The Morgan fingerprint density at radius 2 is 1.94 bits per heavy atom. The van der Waals surface area contributed by atoms with E-state index in [0.29, 0.717) is 40.1 Å². The second-order valence-electron chi connectivity index (χ2n) is 7.58. The molecule has 0 aliphatic heterocycles. The van der Waals surface area contributed by atoms with Crippen molar-refractivity contribution in [2.45, 2.75) is 6.92 Å². The van der Waals surface area contributed by atoms with E-state index in [9.17, 15) is 4.79 Å². The van der Waals surface area contributed by atoms with Gasteiger partial charge >= 0.3 is 0 Å². The first-order valence-electron chi connectivity index (χ1n) is 10.5. The van der Waals surface area contributed by atoms with E-state index in [4.69, 9.17) is 14.0 Å². The maximum atomic E-state index is 11.9. The van der Waals surface area contributed by atoms with Crippen molar-refractivity contribution in [3.63, 3.8) is 0 Å². The lowest BCUT2D eigenvalue weighted by molar-refractivity contribution is 0.0963. The number of rotatable bonds is 6. The molecule has 5 rings (SSSR count). The molecule has 0 atom stereocenters. The first-order chi connectivity index (χ1) is 16.5. The number of aromatic amines is 1. The number of aryl methyl sites for hydroxylation is 1. The maximum absolute atomic E-state index is 11.9. The number of carbonyl (C=O) groups is 1. The number of ether oxygens (including phenoxy) is 2. The van der Waals surface area contributed by atoms with Crippen molar-refractivity contribution in [1.29, 1.82) is 0 Å². The van der Waals surface area contributed by atoms with Gasteiger partial charge in [-0.2, -0.15) is 9.97 Å². The molecule has 10 nitrogen and oxygen atoms in total. The van der Waals surface area contributed by atoms with Crippen LogP contribution in [0.4, 0.5) is 11.6 Å². The van der Waals surface area contributed by atoms with Crippen LogP contribution in [0.25, 0.3) is 33.1 Å². The van der Waals surface area contributed by atoms with Crippen molar-refractivity contribution in [1.82, 2.24) is 25.4 Å². The summed E-state index contributed by atoms with van der Waals surface area (Å²) in [6.07, 6.45) is 1.86. The zero-order valence-corrected chi connectivity index (χ0v) is 19.0. The first kappa shape index (κ1) is 21.3. The van der Waals surface area contributed by atoms with Crippen LogP contribution in [0.1, 0.15) is 16.1 Å². The molecule has 3 aromatic heterocycles. The number of benzene rings is 2. The van der Waals surface area contributed by atoms with Gasteiger partial charge in [0.25, 0.3) is 5.91 Å². The number of nitrogens with zero attached hydrogens (tertiary/aromatic N) is 3. The zero-order chi connectivity index (χ0) is 23.8. The molecule has 0 saturated carbocycles. The van der Waals surface area contributed by atoms with Crippen molar-refractivity contribution < 1.29 is 18.8 Å². The molecule has 34 heavy (non-hydrogen) atoms. The fourth-order valence-corrected chi connectivity index (χ4v) is 3.86. The van der Waals surface area contributed by atoms with Crippen molar-refractivity contribution in [2.24, 2.45) is 0 Å². The minimum absolute atomic E-state index is 0.207. The van der Waals surface area contributed by atoms with Crippen molar-refractivity contribution >= 4 is 39.5 Å². The highest BCUT2D eigenvalue weighted by molar-refractivity contribution is 5.99. The highest BCUT2D eigenvalue weighted by Gasteiger charge is 2.18. The molecule has 3 heterocycles. The summed E-state index contributed by atoms with van der Waals surface area (Å²) in [5.41, 5.74) is 5.02. The van der Waals surface area contributed by atoms with Crippen LogP contribution in [-0.2, 0) is 0 Å². The molecule has 1 amide bonds. The van der Waals surface area contributed by atoms with Gasteiger partial charge in [0.05, 0.1) is 31.0 Å². The number of nitrogens with one attached hydrogen (secondary N) is 3. The van der Waals surface area contributed by atoms with Crippen molar-refractivity contribution in [2.75, 3.05) is 26.6 Å². The molecule has 0 radical (unpaired) electrons. The molecule has 0 unspecified atom stereocenters. The summed E-state index contributed by atoms with van der Waals surface area (Å²) in [6, 6.07) is 11.0. The van der Waals surface area contributed by atoms with E-state index in [-0.39, 0.29) is 5.91 Å². The van der Waals surface area contributed by atoms with Crippen LogP contribution in [0, 0.1) is 6.92 Å². The highest BCUT2D eigenvalue weighted by Crippen LogP contribution is 2.37. The minimum Gasteiger partial charge on any atom is -0.495 e. The third-order valence-electron chi connectivity index (χ3n) is 5.59. The average Bonchev–Trinajstić information content (AvgIpc) is 3.46.